The summed E-state index contributed by atoms with van der Waals surface area (Å²) in [6, 6.07) is 2.25. The maximum Gasteiger partial charge on any atom is 0.222 e. The number of amides is 1. The molecule has 0 atom stereocenters. The average molecular weight is 182 g/mol. The Morgan fingerprint density at radius 2 is 2.38 bits per heavy atom. The highest BCUT2D eigenvalue weighted by Crippen LogP contribution is 2.12. The molecule has 0 aromatic heterocycles. The average Bonchev–Trinajstić information content (AvgIpc) is 2.07. The molecule has 72 valence electrons. The van der Waals surface area contributed by atoms with Crippen LogP contribution >= 0.6 is 0 Å². The first-order chi connectivity index (χ1) is 6.29. The van der Waals surface area contributed by atoms with Gasteiger partial charge < -0.3 is 9.64 Å². The Labute approximate surface area is 78.1 Å². The Morgan fingerprint density at radius 1 is 1.69 bits per heavy atom. The summed E-state index contributed by atoms with van der Waals surface area (Å²) in [5.41, 5.74) is 0. The van der Waals surface area contributed by atoms with E-state index in [0.717, 1.165) is 0 Å². The lowest BCUT2D eigenvalue weighted by atomic mass is 10.2. The molecule has 1 aliphatic rings. The number of ether oxygens (including phenoxy) is 1. The minimum atomic E-state index is 0.114. The predicted octanol–water partition coefficient (Wildman–Crippen LogP) is 0.537. The summed E-state index contributed by atoms with van der Waals surface area (Å²) in [6.45, 7) is 3.62. The molecule has 1 heterocycles. The lowest BCUT2D eigenvalue weighted by Crippen LogP contribution is -2.51. The third-order valence-electron chi connectivity index (χ3n) is 2.15. The molecule has 1 amide bonds. The molecule has 4 heteroatoms. The van der Waals surface area contributed by atoms with Crippen LogP contribution in [0.3, 0.4) is 0 Å². The van der Waals surface area contributed by atoms with Crippen molar-refractivity contribution in [1.82, 2.24) is 4.90 Å². The van der Waals surface area contributed by atoms with Crippen molar-refractivity contribution < 1.29 is 9.53 Å². The van der Waals surface area contributed by atoms with Crippen molar-refractivity contribution in [2.24, 2.45) is 0 Å². The Hall–Kier alpha value is -1.08. The van der Waals surface area contributed by atoms with Crippen LogP contribution in [0.4, 0.5) is 0 Å². The van der Waals surface area contributed by atoms with Gasteiger partial charge in [-0.25, -0.2) is 0 Å². The van der Waals surface area contributed by atoms with E-state index < -0.39 is 0 Å². The molecule has 0 unspecified atom stereocenters. The minimum absolute atomic E-state index is 0.114. The molecule has 0 saturated carbocycles. The first-order valence-corrected chi connectivity index (χ1v) is 4.53. The van der Waals surface area contributed by atoms with Crippen LogP contribution in [0.5, 0.6) is 0 Å². The lowest BCUT2D eigenvalue weighted by molar-refractivity contribution is -0.143. The van der Waals surface area contributed by atoms with Crippen molar-refractivity contribution in [3.05, 3.63) is 0 Å². The molecule has 0 aromatic rings. The fourth-order valence-electron chi connectivity index (χ4n) is 1.29. The van der Waals surface area contributed by atoms with Crippen molar-refractivity contribution in [3.8, 4) is 6.07 Å². The van der Waals surface area contributed by atoms with Crippen LogP contribution < -0.4 is 0 Å². The number of rotatable bonds is 4. The molecule has 1 rings (SSSR count). The van der Waals surface area contributed by atoms with E-state index >= 15 is 0 Å². The summed E-state index contributed by atoms with van der Waals surface area (Å²) in [5, 5.41) is 8.42. The second-order valence-corrected chi connectivity index (χ2v) is 3.04. The predicted molar refractivity (Wildman–Crippen MR) is 46.8 cm³/mol. The van der Waals surface area contributed by atoms with Crippen molar-refractivity contribution >= 4 is 5.91 Å². The van der Waals surface area contributed by atoms with Gasteiger partial charge in [-0.2, -0.15) is 5.26 Å². The van der Waals surface area contributed by atoms with E-state index in [1.165, 1.54) is 0 Å². The number of nitrogens with zero attached hydrogens (tertiary/aromatic N) is 2. The first-order valence-electron chi connectivity index (χ1n) is 4.53. The smallest absolute Gasteiger partial charge is 0.222 e. The van der Waals surface area contributed by atoms with Gasteiger partial charge in [0.1, 0.15) is 0 Å². The zero-order valence-electron chi connectivity index (χ0n) is 7.82. The molecular formula is C9H14N2O2. The molecule has 0 aliphatic carbocycles. The van der Waals surface area contributed by atoms with Gasteiger partial charge in [-0.05, 0) is 0 Å². The summed E-state index contributed by atoms with van der Waals surface area (Å²) in [4.78, 5) is 13.2. The maximum atomic E-state index is 11.4. The van der Waals surface area contributed by atoms with Crippen molar-refractivity contribution in [3.63, 3.8) is 0 Å². The molecule has 0 aromatic carbocycles. The Morgan fingerprint density at radius 3 is 2.77 bits per heavy atom. The second kappa shape index (κ2) is 4.83. The molecule has 1 aliphatic heterocycles. The normalized spacial score (nSPS) is 16.0. The molecule has 0 spiro atoms. The standard InChI is InChI=1S/C9H14N2O2/c1-2-9(12)11(5-3-4-10)8-6-13-7-8/h8H,2-3,5-7H2,1H3. The van der Waals surface area contributed by atoms with E-state index in [0.29, 0.717) is 32.6 Å². The number of carbonyl (C=O) groups is 1. The van der Waals surface area contributed by atoms with Gasteiger partial charge in [0.25, 0.3) is 0 Å². The van der Waals surface area contributed by atoms with Crippen LogP contribution in [0.1, 0.15) is 19.8 Å². The van der Waals surface area contributed by atoms with Crippen molar-refractivity contribution in [2.45, 2.75) is 25.8 Å². The van der Waals surface area contributed by atoms with E-state index in [1.54, 1.807) is 4.90 Å². The van der Waals surface area contributed by atoms with Crippen LogP contribution in [0.2, 0.25) is 0 Å². The van der Waals surface area contributed by atoms with E-state index in [4.69, 9.17) is 10.00 Å². The van der Waals surface area contributed by atoms with Crippen LogP contribution in [-0.4, -0.2) is 36.6 Å². The maximum absolute atomic E-state index is 11.4. The fraction of sp³-hybridized carbons (Fsp3) is 0.778. The lowest BCUT2D eigenvalue weighted by Gasteiger charge is -2.36. The molecule has 1 saturated heterocycles. The molecule has 13 heavy (non-hydrogen) atoms. The first kappa shape index (κ1) is 10.0. The van der Waals surface area contributed by atoms with Gasteiger partial charge in [0.2, 0.25) is 5.91 Å². The van der Waals surface area contributed by atoms with E-state index in [9.17, 15) is 4.79 Å². The van der Waals surface area contributed by atoms with Crippen molar-refractivity contribution in [1.29, 1.82) is 5.26 Å². The van der Waals surface area contributed by atoms with Crippen molar-refractivity contribution in [2.75, 3.05) is 19.8 Å². The Balaban J connectivity index is 2.43. The fourth-order valence-corrected chi connectivity index (χ4v) is 1.29. The summed E-state index contributed by atoms with van der Waals surface area (Å²) in [6.07, 6.45) is 0.907. The topological polar surface area (TPSA) is 53.3 Å². The summed E-state index contributed by atoms with van der Waals surface area (Å²) < 4.78 is 5.01. The van der Waals surface area contributed by atoms with E-state index in [2.05, 4.69) is 0 Å². The largest absolute Gasteiger partial charge is 0.377 e. The molecule has 1 fully saturated rings. The van der Waals surface area contributed by atoms with Gasteiger partial charge >= 0.3 is 0 Å². The highest BCUT2D eigenvalue weighted by atomic mass is 16.5. The van der Waals surface area contributed by atoms with Crippen LogP contribution in [0, 0.1) is 11.3 Å². The number of hydrogen-bond acceptors (Lipinski definition) is 3. The third-order valence-corrected chi connectivity index (χ3v) is 2.15. The van der Waals surface area contributed by atoms with E-state index in [1.807, 2.05) is 13.0 Å². The molecule has 0 radical (unpaired) electrons. The second-order valence-electron chi connectivity index (χ2n) is 3.04. The summed E-state index contributed by atoms with van der Waals surface area (Å²) >= 11 is 0. The SMILES string of the molecule is CCC(=O)N(CCC#N)C1COC1. The van der Waals surface area contributed by atoms with E-state index in [-0.39, 0.29) is 11.9 Å². The highest BCUT2D eigenvalue weighted by molar-refractivity contribution is 5.76. The number of carbonyl (C=O) groups excluding carboxylic acids is 1. The minimum Gasteiger partial charge on any atom is -0.377 e. The Bertz CT molecular complexity index is 218. The zero-order valence-corrected chi connectivity index (χ0v) is 7.82. The van der Waals surface area contributed by atoms with Crippen LogP contribution in [0.15, 0.2) is 0 Å². The van der Waals surface area contributed by atoms with Gasteiger partial charge in [0.05, 0.1) is 31.7 Å². The van der Waals surface area contributed by atoms with Gasteiger partial charge in [-0.1, -0.05) is 6.92 Å². The number of nitriles is 1. The number of hydrogen-bond donors (Lipinski definition) is 0. The van der Waals surface area contributed by atoms with Crippen LogP contribution in [-0.2, 0) is 9.53 Å². The monoisotopic (exact) mass is 182 g/mol. The summed E-state index contributed by atoms with van der Waals surface area (Å²) in [5.74, 6) is 0.114. The molecule has 4 nitrogen and oxygen atoms in total. The third kappa shape index (κ3) is 2.43. The highest BCUT2D eigenvalue weighted by Gasteiger charge is 2.28. The Kier molecular flexibility index (Phi) is 3.71. The molecule has 0 N–H and O–H groups in total. The quantitative estimate of drug-likeness (QED) is 0.637. The molecular weight excluding hydrogens is 168 g/mol. The van der Waals surface area contributed by atoms with Gasteiger partial charge in [-0.3, -0.25) is 4.79 Å². The summed E-state index contributed by atoms with van der Waals surface area (Å²) in [7, 11) is 0. The molecule has 0 bridgehead atoms. The van der Waals surface area contributed by atoms with Crippen LogP contribution in [0.25, 0.3) is 0 Å². The zero-order chi connectivity index (χ0) is 9.68. The van der Waals surface area contributed by atoms with Gasteiger partial charge in [0, 0.05) is 13.0 Å². The van der Waals surface area contributed by atoms with Gasteiger partial charge in [-0.15, -0.1) is 0 Å². The van der Waals surface area contributed by atoms with Gasteiger partial charge in [0.15, 0.2) is 0 Å².